The van der Waals surface area contributed by atoms with Crippen LogP contribution >= 0.6 is 0 Å². The van der Waals surface area contributed by atoms with Crippen LogP contribution in [-0.4, -0.2) is 11.1 Å². The average molecular weight is 333 g/mol. The summed E-state index contributed by atoms with van der Waals surface area (Å²) in [7, 11) is 0. The molecule has 0 N–H and O–H groups in total. The van der Waals surface area contributed by atoms with E-state index in [0.717, 1.165) is 0 Å². The highest BCUT2D eigenvalue weighted by Gasteiger charge is 2.56. The monoisotopic (exact) mass is 332 g/mol. The first-order valence-corrected chi connectivity index (χ1v) is 8.59. The van der Waals surface area contributed by atoms with Crippen LogP contribution in [0.25, 0.3) is 0 Å². The van der Waals surface area contributed by atoms with Crippen LogP contribution in [0.5, 0.6) is 0 Å². The van der Waals surface area contributed by atoms with Crippen molar-refractivity contribution in [2.75, 3.05) is 0 Å². The normalized spacial score (nSPS) is 15.2. The van der Waals surface area contributed by atoms with Gasteiger partial charge in [0.1, 0.15) is 0 Å². The quantitative estimate of drug-likeness (QED) is 0.569. The van der Waals surface area contributed by atoms with E-state index < -0.39 is 32.7 Å². The zero-order valence-electron chi connectivity index (χ0n) is 17.8. The second kappa shape index (κ2) is 6.14. The van der Waals surface area contributed by atoms with E-state index in [0.29, 0.717) is 0 Å². The van der Waals surface area contributed by atoms with Crippen molar-refractivity contribution in [2.45, 2.75) is 94.2 Å². The fraction of sp³-hybridized carbons (Fsp3) is 0.900. The Morgan fingerprint density at radius 2 is 0.625 bits per heavy atom. The Kier molecular flexibility index (Phi) is 5.78. The predicted molar refractivity (Wildman–Crippen MR) is 99.4 cm³/mol. The molecule has 0 spiro atoms. The molecule has 4 nitrogen and oxygen atoms in total. The average Bonchev–Trinajstić information content (AvgIpc) is 2.28. The summed E-state index contributed by atoms with van der Waals surface area (Å²) in [6.45, 7) is 24.0. The SMILES string of the molecule is CC(C)(C)C(C#N)(N=NC(C#N)(C(C)(C)C)C(C)(C)C)C(C)(C)C. The molecule has 0 aromatic heterocycles. The minimum atomic E-state index is -1.03. The molecule has 0 atom stereocenters. The third-order valence-corrected chi connectivity index (χ3v) is 5.02. The smallest absolute Gasteiger partial charge is 0.177 e. The van der Waals surface area contributed by atoms with Crippen molar-refractivity contribution in [3.8, 4) is 12.1 Å². The second-order valence-electron chi connectivity index (χ2n) is 10.8. The molecular formula is C20H36N4. The molecule has 0 saturated carbocycles. The molecule has 0 bridgehead atoms. The van der Waals surface area contributed by atoms with E-state index in [2.05, 4.69) is 22.4 Å². The predicted octanol–water partition coefficient (Wildman–Crippen LogP) is 6.15. The summed E-state index contributed by atoms with van der Waals surface area (Å²) in [5.41, 5.74) is -3.72. The van der Waals surface area contributed by atoms with Crippen molar-refractivity contribution in [1.82, 2.24) is 0 Å². The highest BCUT2D eigenvalue weighted by molar-refractivity contribution is 5.23. The van der Waals surface area contributed by atoms with Gasteiger partial charge in [-0.25, -0.2) is 0 Å². The van der Waals surface area contributed by atoms with Crippen LogP contribution in [0.15, 0.2) is 10.2 Å². The number of hydrogen-bond donors (Lipinski definition) is 0. The summed E-state index contributed by atoms with van der Waals surface area (Å²) >= 11 is 0. The van der Waals surface area contributed by atoms with E-state index >= 15 is 0 Å². The summed E-state index contributed by atoms with van der Waals surface area (Å²) in [6, 6.07) is 4.85. The molecule has 0 amide bonds. The van der Waals surface area contributed by atoms with Crippen molar-refractivity contribution in [3.63, 3.8) is 0 Å². The highest BCUT2D eigenvalue weighted by atomic mass is 15.2. The van der Waals surface area contributed by atoms with Crippen LogP contribution < -0.4 is 0 Å². The Labute approximate surface area is 149 Å². The van der Waals surface area contributed by atoms with Crippen LogP contribution in [0.3, 0.4) is 0 Å². The number of rotatable bonds is 2. The fourth-order valence-electron chi connectivity index (χ4n) is 3.72. The molecule has 0 rings (SSSR count). The van der Waals surface area contributed by atoms with Gasteiger partial charge in [0.15, 0.2) is 11.1 Å². The van der Waals surface area contributed by atoms with Gasteiger partial charge in [0, 0.05) is 21.7 Å². The minimum absolute atomic E-state index is 0.416. The van der Waals surface area contributed by atoms with Crippen molar-refractivity contribution in [2.24, 2.45) is 31.9 Å². The molecule has 0 aliphatic heterocycles. The Balaban J connectivity index is 6.71. The van der Waals surface area contributed by atoms with E-state index in [4.69, 9.17) is 0 Å². The molecule has 0 aromatic rings. The first-order chi connectivity index (χ1) is 10.3. The summed E-state index contributed by atoms with van der Waals surface area (Å²) in [5, 5.41) is 29.3. The summed E-state index contributed by atoms with van der Waals surface area (Å²) < 4.78 is 0. The van der Waals surface area contributed by atoms with Gasteiger partial charge in [-0.05, 0) is 0 Å². The van der Waals surface area contributed by atoms with E-state index in [1.54, 1.807) is 0 Å². The van der Waals surface area contributed by atoms with Gasteiger partial charge in [-0.15, -0.1) is 0 Å². The molecule has 0 heterocycles. The van der Waals surface area contributed by atoms with Gasteiger partial charge in [0.25, 0.3) is 0 Å². The lowest BCUT2D eigenvalue weighted by Gasteiger charge is -2.47. The molecule has 0 fully saturated rings. The lowest BCUT2D eigenvalue weighted by Crippen LogP contribution is -2.53. The number of azo groups is 1. The number of nitrogens with zero attached hydrogens (tertiary/aromatic N) is 4. The third kappa shape index (κ3) is 3.49. The zero-order chi connectivity index (χ0) is 19.8. The standard InChI is InChI=1S/C20H36N4/c1-15(2,3)19(13-21,16(4,5)6)23-24-20(14-22,17(7,8)9)18(10,11)12/h1-12H3. The van der Waals surface area contributed by atoms with Gasteiger partial charge in [-0.3, -0.25) is 0 Å². The molecule has 0 aliphatic carbocycles. The molecular weight excluding hydrogens is 296 g/mol. The topological polar surface area (TPSA) is 72.3 Å². The summed E-state index contributed by atoms with van der Waals surface area (Å²) in [5.74, 6) is 0. The molecule has 0 radical (unpaired) electrons. The van der Waals surface area contributed by atoms with Crippen molar-refractivity contribution >= 4 is 0 Å². The van der Waals surface area contributed by atoms with E-state index in [9.17, 15) is 10.5 Å². The van der Waals surface area contributed by atoms with E-state index in [1.165, 1.54) is 0 Å². The van der Waals surface area contributed by atoms with Crippen LogP contribution in [-0.2, 0) is 0 Å². The highest BCUT2D eigenvalue weighted by Crippen LogP contribution is 2.51. The Morgan fingerprint density at radius 3 is 0.708 bits per heavy atom. The van der Waals surface area contributed by atoms with Gasteiger partial charge in [-0.2, -0.15) is 20.8 Å². The maximum absolute atomic E-state index is 10.0. The third-order valence-electron chi connectivity index (χ3n) is 5.02. The Hall–Kier alpha value is -1.42. The van der Waals surface area contributed by atoms with Crippen molar-refractivity contribution in [1.29, 1.82) is 10.5 Å². The largest absolute Gasteiger partial charge is 0.195 e. The molecule has 24 heavy (non-hydrogen) atoms. The van der Waals surface area contributed by atoms with Gasteiger partial charge in [-0.1, -0.05) is 83.1 Å². The maximum Gasteiger partial charge on any atom is 0.177 e. The van der Waals surface area contributed by atoms with E-state index in [1.807, 2.05) is 83.1 Å². The number of nitriles is 2. The van der Waals surface area contributed by atoms with Crippen LogP contribution in [0, 0.1) is 44.3 Å². The first-order valence-electron chi connectivity index (χ1n) is 8.59. The lowest BCUT2D eigenvalue weighted by atomic mass is 9.60. The molecule has 0 saturated heterocycles. The van der Waals surface area contributed by atoms with Gasteiger partial charge in [0.2, 0.25) is 0 Å². The first kappa shape index (κ1) is 22.6. The molecule has 136 valence electrons. The molecule has 4 heteroatoms. The van der Waals surface area contributed by atoms with Crippen LogP contribution in [0.2, 0.25) is 0 Å². The molecule has 0 unspecified atom stereocenters. The molecule has 0 aromatic carbocycles. The van der Waals surface area contributed by atoms with Crippen molar-refractivity contribution in [3.05, 3.63) is 0 Å². The minimum Gasteiger partial charge on any atom is -0.195 e. The van der Waals surface area contributed by atoms with Crippen molar-refractivity contribution < 1.29 is 0 Å². The summed E-state index contributed by atoms with van der Waals surface area (Å²) in [6.07, 6.45) is 0. The van der Waals surface area contributed by atoms with Gasteiger partial charge in [0.05, 0.1) is 12.1 Å². The Morgan fingerprint density at radius 1 is 0.458 bits per heavy atom. The lowest BCUT2D eigenvalue weighted by molar-refractivity contribution is 0.0738. The van der Waals surface area contributed by atoms with Crippen LogP contribution in [0.4, 0.5) is 0 Å². The fourth-order valence-corrected chi connectivity index (χ4v) is 3.72. The molecule has 0 aliphatic rings. The Bertz CT molecular complexity index is 478. The second-order valence-corrected chi connectivity index (χ2v) is 10.8. The summed E-state index contributed by atoms with van der Waals surface area (Å²) in [4.78, 5) is 0. The number of hydrogen-bond acceptors (Lipinski definition) is 4. The van der Waals surface area contributed by atoms with Gasteiger partial charge < -0.3 is 0 Å². The zero-order valence-corrected chi connectivity index (χ0v) is 17.8. The maximum atomic E-state index is 10.0. The van der Waals surface area contributed by atoms with Gasteiger partial charge >= 0.3 is 0 Å². The van der Waals surface area contributed by atoms with E-state index in [-0.39, 0.29) is 0 Å². The van der Waals surface area contributed by atoms with Crippen LogP contribution in [0.1, 0.15) is 83.1 Å².